The summed E-state index contributed by atoms with van der Waals surface area (Å²) < 4.78 is 4.89. The normalized spacial score (nSPS) is 16.8. The van der Waals surface area contributed by atoms with Crippen molar-refractivity contribution in [1.29, 1.82) is 0 Å². The molecule has 0 heterocycles. The molecule has 96 valence electrons. The van der Waals surface area contributed by atoms with Crippen molar-refractivity contribution in [2.24, 2.45) is 11.1 Å². The summed E-state index contributed by atoms with van der Waals surface area (Å²) in [6.45, 7) is 9.66. The van der Waals surface area contributed by atoms with E-state index in [1.807, 2.05) is 41.7 Å². The average molecular weight is 230 g/mol. The topological polar surface area (TPSA) is 64.3 Å². The molecule has 16 heavy (non-hydrogen) atoms. The third-order valence-corrected chi connectivity index (χ3v) is 3.53. The summed E-state index contributed by atoms with van der Waals surface area (Å²) in [6.07, 6.45) is 0.618. The monoisotopic (exact) mass is 230 g/mol. The largest absolute Gasteiger partial charge is 0.469 e. The van der Waals surface area contributed by atoms with Crippen LogP contribution in [0.15, 0.2) is 0 Å². The minimum Gasteiger partial charge on any atom is -0.469 e. The van der Waals surface area contributed by atoms with Gasteiger partial charge in [-0.05, 0) is 48.1 Å². The predicted octanol–water partition coefficient (Wildman–Crippen LogP) is 1.29. The van der Waals surface area contributed by atoms with Crippen LogP contribution in [0.2, 0.25) is 0 Å². The van der Waals surface area contributed by atoms with Crippen LogP contribution in [0, 0.1) is 5.41 Å². The second-order valence-corrected chi connectivity index (χ2v) is 5.86. The molecule has 3 N–H and O–H groups in total. The lowest BCUT2D eigenvalue weighted by molar-refractivity contribution is -0.157. The standard InChI is InChI=1S/C12H26N2O2/c1-10(2,14-6)8-12(5,9(15)16-7)11(3,4)13/h14H,8,13H2,1-7H3. The van der Waals surface area contributed by atoms with E-state index in [2.05, 4.69) is 5.32 Å². The zero-order valence-electron chi connectivity index (χ0n) is 11.6. The van der Waals surface area contributed by atoms with Crippen molar-refractivity contribution in [2.45, 2.75) is 52.1 Å². The van der Waals surface area contributed by atoms with Gasteiger partial charge in [0.15, 0.2) is 0 Å². The smallest absolute Gasteiger partial charge is 0.313 e. The Kier molecular flexibility index (Phi) is 4.54. The molecule has 0 amide bonds. The minimum atomic E-state index is -0.714. The first kappa shape index (κ1) is 15.4. The van der Waals surface area contributed by atoms with Crippen LogP contribution in [0.3, 0.4) is 0 Å². The number of methoxy groups -OCH3 is 1. The van der Waals surface area contributed by atoms with Crippen molar-refractivity contribution in [2.75, 3.05) is 14.2 Å². The third kappa shape index (κ3) is 3.19. The van der Waals surface area contributed by atoms with Crippen molar-refractivity contribution in [3.8, 4) is 0 Å². The molecule has 0 aliphatic carbocycles. The molecule has 0 aliphatic heterocycles. The lowest BCUT2D eigenvalue weighted by atomic mass is 9.67. The van der Waals surface area contributed by atoms with E-state index < -0.39 is 11.0 Å². The average Bonchev–Trinajstić information content (AvgIpc) is 2.14. The second-order valence-electron chi connectivity index (χ2n) is 5.86. The summed E-state index contributed by atoms with van der Waals surface area (Å²) in [7, 11) is 3.28. The van der Waals surface area contributed by atoms with Crippen molar-refractivity contribution in [1.82, 2.24) is 5.32 Å². The van der Waals surface area contributed by atoms with Crippen molar-refractivity contribution >= 4 is 5.97 Å². The van der Waals surface area contributed by atoms with Crippen molar-refractivity contribution < 1.29 is 9.53 Å². The van der Waals surface area contributed by atoms with Gasteiger partial charge in [0.25, 0.3) is 0 Å². The van der Waals surface area contributed by atoms with Gasteiger partial charge in [-0.2, -0.15) is 0 Å². The molecule has 0 aromatic heterocycles. The SMILES string of the molecule is CNC(C)(C)CC(C)(C(=O)OC)C(C)(C)N. The Morgan fingerprint density at radius 1 is 1.25 bits per heavy atom. The molecule has 0 saturated heterocycles. The fourth-order valence-corrected chi connectivity index (χ4v) is 1.76. The predicted molar refractivity (Wildman–Crippen MR) is 66.1 cm³/mol. The van der Waals surface area contributed by atoms with Gasteiger partial charge in [-0.25, -0.2) is 0 Å². The van der Waals surface area contributed by atoms with E-state index in [0.29, 0.717) is 6.42 Å². The molecule has 0 aliphatic rings. The van der Waals surface area contributed by atoms with Crippen LogP contribution in [0.4, 0.5) is 0 Å². The van der Waals surface area contributed by atoms with Gasteiger partial charge in [-0.1, -0.05) is 0 Å². The third-order valence-electron chi connectivity index (χ3n) is 3.53. The first-order chi connectivity index (χ1) is 7.00. The fraction of sp³-hybridized carbons (Fsp3) is 0.917. The lowest BCUT2D eigenvalue weighted by Crippen LogP contribution is -2.58. The number of hydrogen-bond acceptors (Lipinski definition) is 4. The summed E-state index contributed by atoms with van der Waals surface area (Å²) in [5.41, 5.74) is 4.61. The van der Waals surface area contributed by atoms with E-state index in [4.69, 9.17) is 10.5 Å². The van der Waals surface area contributed by atoms with Gasteiger partial charge in [0, 0.05) is 11.1 Å². The van der Waals surface area contributed by atoms with Crippen LogP contribution in [-0.2, 0) is 9.53 Å². The van der Waals surface area contributed by atoms with Gasteiger partial charge in [0.05, 0.1) is 12.5 Å². The number of carbonyl (C=O) groups is 1. The molecule has 1 unspecified atom stereocenters. The summed E-state index contributed by atoms with van der Waals surface area (Å²) in [5, 5.41) is 3.18. The van der Waals surface area contributed by atoms with Gasteiger partial charge in [-0.3, -0.25) is 4.79 Å². The van der Waals surface area contributed by atoms with Gasteiger partial charge >= 0.3 is 5.97 Å². The van der Waals surface area contributed by atoms with Crippen LogP contribution in [0.25, 0.3) is 0 Å². The zero-order valence-corrected chi connectivity index (χ0v) is 11.6. The molecule has 0 saturated carbocycles. The van der Waals surface area contributed by atoms with E-state index >= 15 is 0 Å². The van der Waals surface area contributed by atoms with Crippen LogP contribution >= 0.6 is 0 Å². The highest BCUT2D eigenvalue weighted by molar-refractivity contribution is 5.78. The van der Waals surface area contributed by atoms with Gasteiger partial charge < -0.3 is 15.8 Å². The van der Waals surface area contributed by atoms with Crippen molar-refractivity contribution in [3.63, 3.8) is 0 Å². The first-order valence-corrected chi connectivity index (χ1v) is 5.56. The Bertz CT molecular complexity index is 256. The molecule has 1 atom stereocenters. The molecule has 4 nitrogen and oxygen atoms in total. The summed E-state index contributed by atoms with van der Waals surface area (Å²) in [6, 6.07) is 0. The molecule has 0 aromatic rings. The number of hydrogen-bond donors (Lipinski definition) is 2. The van der Waals surface area contributed by atoms with Crippen LogP contribution in [0.5, 0.6) is 0 Å². The zero-order chi connectivity index (χ0) is 13.2. The molecule has 0 spiro atoms. The van der Waals surface area contributed by atoms with Crippen LogP contribution in [0.1, 0.15) is 41.0 Å². The number of rotatable bonds is 5. The molecule has 0 aromatic carbocycles. The molecular formula is C12H26N2O2. The number of carbonyl (C=O) groups excluding carboxylic acids is 1. The molecule has 0 bridgehead atoms. The Morgan fingerprint density at radius 3 is 1.94 bits per heavy atom. The number of nitrogens with one attached hydrogen (secondary N) is 1. The highest BCUT2D eigenvalue weighted by atomic mass is 16.5. The quantitative estimate of drug-likeness (QED) is 0.699. The van der Waals surface area contributed by atoms with Crippen LogP contribution < -0.4 is 11.1 Å². The first-order valence-electron chi connectivity index (χ1n) is 5.56. The highest BCUT2D eigenvalue weighted by Crippen LogP contribution is 2.38. The van der Waals surface area contributed by atoms with Gasteiger partial charge in [0.2, 0.25) is 0 Å². The molecule has 4 heteroatoms. The maximum Gasteiger partial charge on any atom is 0.313 e. The van der Waals surface area contributed by atoms with Gasteiger partial charge in [-0.15, -0.1) is 0 Å². The van der Waals surface area contributed by atoms with Crippen LogP contribution in [-0.4, -0.2) is 31.2 Å². The Morgan fingerprint density at radius 2 is 1.69 bits per heavy atom. The minimum absolute atomic E-state index is 0.167. The van der Waals surface area contributed by atoms with E-state index in [-0.39, 0.29) is 11.5 Å². The Balaban J connectivity index is 5.20. The van der Waals surface area contributed by atoms with Gasteiger partial charge in [0.1, 0.15) is 0 Å². The van der Waals surface area contributed by atoms with E-state index in [0.717, 1.165) is 0 Å². The maximum absolute atomic E-state index is 11.9. The fourth-order valence-electron chi connectivity index (χ4n) is 1.76. The Labute approximate surface area is 98.9 Å². The molecule has 0 fully saturated rings. The summed E-state index contributed by atoms with van der Waals surface area (Å²) >= 11 is 0. The number of ether oxygens (including phenoxy) is 1. The molecule has 0 rings (SSSR count). The molecule has 0 radical (unpaired) electrons. The second kappa shape index (κ2) is 4.72. The van der Waals surface area contributed by atoms with E-state index in [1.165, 1.54) is 7.11 Å². The van der Waals surface area contributed by atoms with Crippen molar-refractivity contribution in [3.05, 3.63) is 0 Å². The maximum atomic E-state index is 11.9. The summed E-state index contributed by atoms with van der Waals surface area (Å²) in [5.74, 6) is -0.261. The molecular weight excluding hydrogens is 204 g/mol. The highest BCUT2D eigenvalue weighted by Gasteiger charge is 2.48. The number of esters is 1. The summed E-state index contributed by atoms with van der Waals surface area (Å²) in [4.78, 5) is 11.9. The Hall–Kier alpha value is -0.610. The van der Waals surface area contributed by atoms with E-state index in [9.17, 15) is 4.79 Å². The lowest BCUT2D eigenvalue weighted by Gasteiger charge is -2.43. The van der Waals surface area contributed by atoms with E-state index in [1.54, 1.807) is 0 Å². The number of nitrogens with two attached hydrogens (primary N) is 1.